The van der Waals surface area contributed by atoms with Crippen LogP contribution < -0.4 is 11.1 Å². The first kappa shape index (κ1) is 18.5. The quantitative estimate of drug-likeness (QED) is 0.739. The Balaban J connectivity index is 1.35. The van der Waals surface area contributed by atoms with Crippen LogP contribution in [-0.2, 0) is 4.79 Å². The van der Waals surface area contributed by atoms with Crippen molar-refractivity contribution in [2.45, 2.75) is 75.9 Å². The molecule has 4 N–H and O–H groups in total. The number of hydrogen-bond donors (Lipinski definition) is 3. The highest BCUT2D eigenvalue weighted by molar-refractivity contribution is 6.06. The second kappa shape index (κ2) is 7.35. The van der Waals surface area contributed by atoms with E-state index in [0.29, 0.717) is 23.6 Å². The predicted molar refractivity (Wildman–Crippen MR) is 111 cm³/mol. The SMILES string of the molecule is NC(=O)c1cnc2[nH]ccc2c1NC1C[C@@H]2CC[C@@H](C1)N2C(=O)C1CCCCC1. The number of piperidine rings is 1. The van der Waals surface area contributed by atoms with E-state index in [0.717, 1.165) is 55.2 Å². The minimum atomic E-state index is -0.476. The van der Waals surface area contributed by atoms with Crippen LogP contribution in [0, 0.1) is 5.92 Å². The molecule has 154 valence electrons. The van der Waals surface area contributed by atoms with Crippen molar-refractivity contribution in [2.75, 3.05) is 5.32 Å². The van der Waals surface area contributed by atoms with E-state index in [1.54, 1.807) is 6.20 Å². The maximum absolute atomic E-state index is 13.2. The average molecular weight is 396 g/mol. The maximum atomic E-state index is 13.2. The molecule has 7 heteroatoms. The third-order valence-corrected chi connectivity index (χ3v) is 7.14. The number of rotatable bonds is 4. The summed E-state index contributed by atoms with van der Waals surface area (Å²) in [6.45, 7) is 0. The van der Waals surface area contributed by atoms with E-state index in [9.17, 15) is 9.59 Å². The van der Waals surface area contributed by atoms with Gasteiger partial charge in [0, 0.05) is 41.8 Å². The second-order valence-electron chi connectivity index (χ2n) is 8.93. The summed E-state index contributed by atoms with van der Waals surface area (Å²) in [5.74, 6) is 0.152. The van der Waals surface area contributed by atoms with Crippen LogP contribution in [0.5, 0.6) is 0 Å². The Bertz CT molecular complexity index is 918. The van der Waals surface area contributed by atoms with Crippen LogP contribution in [0.1, 0.15) is 68.1 Å². The van der Waals surface area contributed by atoms with Crippen LogP contribution >= 0.6 is 0 Å². The van der Waals surface area contributed by atoms with Crippen molar-refractivity contribution in [2.24, 2.45) is 11.7 Å². The number of anilines is 1. The third-order valence-electron chi connectivity index (χ3n) is 7.14. The summed E-state index contributed by atoms with van der Waals surface area (Å²) in [5.41, 5.74) is 7.54. The number of nitrogens with one attached hydrogen (secondary N) is 2. The number of carbonyl (C=O) groups is 2. The van der Waals surface area contributed by atoms with Crippen LogP contribution in [0.2, 0.25) is 0 Å². The summed E-state index contributed by atoms with van der Waals surface area (Å²) in [6.07, 6.45) is 13.1. The Morgan fingerprint density at radius 3 is 2.52 bits per heavy atom. The average Bonchev–Trinajstić information content (AvgIpc) is 3.31. The molecule has 7 nitrogen and oxygen atoms in total. The molecular weight excluding hydrogens is 366 g/mol. The van der Waals surface area contributed by atoms with Gasteiger partial charge in [0.05, 0.1) is 11.3 Å². The van der Waals surface area contributed by atoms with E-state index in [2.05, 4.69) is 20.2 Å². The smallest absolute Gasteiger partial charge is 0.252 e. The molecule has 29 heavy (non-hydrogen) atoms. The summed E-state index contributed by atoms with van der Waals surface area (Å²) >= 11 is 0. The lowest BCUT2D eigenvalue weighted by molar-refractivity contribution is -0.141. The molecule has 2 aliphatic heterocycles. The van der Waals surface area contributed by atoms with Gasteiger partial charge in [-0.25, -0.2) is 4.98 Å². The molecule has 1 aliphatic carbocycles. The van der Waals surface area contributed by atoms with Gasteiger partial charge in [0.15, 0.2) is 0 Å². The zero-order chi connectivity index (χ0) is 20.0. The zero-order valence-corrected chi connectivity index (χ0v) is 16.7. The summed E-state index contributed by atoms with van der Waals surface area (Å²) in [7, 11) is 0. The second-order valence-corrected chi connectivity index (χ2v) is 8.93. The number of aromatic amines is 1. The number of hydrogen-bond acceptors (Lipinski definition) is 4. The molecule has 2 amide bonds. The van der Waals surface area contributed by atoms with Crippen LogP contribution in [0.3, 0.4) is 0 Å². The normalized spacial score (nSPS) is 27.3. The molecule has 5 rings (SSSR count). The number of carbonyl (C=O) groups excluding carboxylic acids is 2. The lowest BCUT2D eigenvalue weighted by Gasteiger charge is -2.41. The highest BCUT2D eigenvalue weighted by atomic mass is 16.2. The van der Waals surface area contributed by atoms with Crippen molar-refractivity contribution in [1.82, 2.24) is 14.9 Å². The van der Waals surface area contributed by atoms with Crippen LogP contribution in [0.15, 0.2) is 18.5 Å². The number of nitrogens with zero attached hydrogens (tertiary/aromatic N) is 2. The number of nitrogens with two attached hydrogens (primary N) is 1. The first-order valence-electron chi connectivity index (χ1n) is 11.0. The standard InChI is InChI=1S/C22H29N5O2/c23-20(28)18-12-25-21-17(8-9-24-21)19(18)26-14-10-15-6-7-16(11-14)27(15)22(29)13-4-2-1-3-5-13/h8-9,12-16H,1-7,10-11H2,(H2,23,28)(H2,24,25,26)/t15-,16-/m0/s1. The number of pyridine rings is 1. The molecule has 2 atom stereocenters. The molecule has 3 aliphatic rings. The molecule has 0 aromatic carbocycles. The van der Waals surface area contributed by atoms with Gasteiger partial charge >= 0.3 is 0 Å². The Morgan fingerprint density at radius 1 is 1.10 bits per heavy atom. The molecule has 3 fully saturated rings. The third kappa shape index (κ3) is 3.26. The van der Waals surface area contributed by atoms with Crippen LogP contribution in [-0.4, -0.2) is 44.8 Å². The molecule has 0 unspecified atom stereocenters. The summed E-state index contributed by atoms with van der Waals surface area (Å²) in [6, 6.07) is 2.76. The van der Waals surface area contributed by atoms with Gasteiger partial charge in [-0.15, -0.1) is 0 Å². The molecule has 0 radical (unpaired) electrons. The Morgan fingerprint density at radius 2 is 1.83 bits per heavy atom. The van der Waals surface area contributed by atoms with Gasteiger partial charge in [0.25, 0.3) is 5.91 Å². The van der Waals surface area contributed by atoms with Gasteiger partial charge in [-0.3, -0.25) is 9.59 Å². The van der Waals surface area contributed by atoms with Crippen molar-refractivity contribution in [1.29, 1.82) is 0 Å². The minimum Gasteiger partial charge on any atom is -0.381 e. The van der Waals surface area contributed by atoms with Crippen molar-refractivity contribution in [3.63, 3.8) is 0 Å². The summed E-state index contributed by atoms with van der Waals surface area (Å²) < 4.78 is 0. The van der Waals surface area contributed by atoms with E-state index < -0.39 is 5.91 Å². The Labute approximate surface area is 170 Å². The first-order chi connectivity index (χ1) is 14.1. The molecule has 2 saturated heterocycles. The lowest BCUT2D eigenvalue weighted by Crippen LogP contribution is -2.51. The Hall–Kier alpha value is -2.57. The van der Waals surface area contributed by atoms with E-state index >= 15 is 0 Å². The number of aromatic nitrogens is 2. The fourth-order valence-electron chi connectivity index (χ4n) is 5.77. The van der Waals surface area contributed by atoms with Gasteiger partial charge in [-0.05, 0) is 44.6 Å². The minimum absolute atomic E-state index is 0.224. The van der Waals surface area contributed by atoms with Gasteiger partial charge in [-0.2, -0.15) is 0 Å². The number of fused-ring (bicyclic) bond motifs is 3. The highest BCUT2D eigenvalue weighted by Gasteiger charge is 2.45. The van der Waals surface area contributed by atoms with Crippen molar-refractivity contribution >= 4 is 28.5 Å². The number of primary amides is 1. The topological polar surface area (TPSA) is 104 Å². The summed E-state index contributed by atoms with van der Waals surface area (Å²) in [5, 5.41) is 4.48. The van der Waals surface area contributed by atoms with Crippen LogP contribution in [0.25, 0.3) is 11.0 Å². The number of H-pyrrole nitrogens is 1. The molecular formula is C22H29N5O2. The first-order valence-corrected chi connectivity index (χ1v) is 11.0. The largest absolute Gasteiger partial charge is 0.381 e. The van der Waals surface area contributed by atoms with Crippen molar-refractivity contribution < 1.29 is 9.59 Å². The molecule has 4 heterocycles. The maximum Gasteiger partial charge on any atom is 0.252 e. The lowest BCUT2D eigenvalue weighted by atomic mass is 9.86. The van der Waals surface area contributed by atoms with Crippen molar-refractivity contribution in [3.05, 3.63) is 24.0 Å². The molecule has 0 spiro atoms. The van der Waals surface area contributed by atoms with Gasteiger partial charge < -0.3 is 20.9 Å². The highest BCUT2D eigenvalue weighted by Crippen LogP contribution is 2.40. The monoisotopic (exact) mass is 395 g/mol. The fraction of sp³-hybridized carbons (Fsp3) is 0.591. The zero-order valence-electron chi connectivity index (χ0n) is 16.7. The number of amides is 2. The van der Waals surface area contributed by atoms with Crippen molar-refractivity contribution in [3.8, 4) is 0 Å². The molecule has 2 bridgehead atoms. The predicted octanol–water partition coefficient (Wildman–Crippen LogP) is 3.18. The molecule has 2 aromatic rings. The van der Waals surface area contributed by atoms with E-state index in [-0.39, 0.29) is 12.0 Å². The fourth-order valence-corrected chi connectivity index (χ4v) is 5.77. The van der Waals surface area contributed by atoms with Crippen LogP contribution in [0.4, 0.5) is 5.69 Å². The van der Waals surface area contributed by atoms with E-state index in [1.807, 2.05) is 12.3 Å². The van der Waals surface area contributed by atoms with Gasteiger partial charge in [0.2, 0.25) is 5.91 Å². The molecule has 1 saturated carbocycles. The van der Waals surface area contributed by atoms with E-state index in [4.69, 9.17) is 5.73 Å². The van der Waals surface area contributed by atoms with Gasteiger partial charge in [-0.1, -0.05) is 19.3 Å². The van der Waals surface area contributed by atoms with Gasteiger partial charge in [0.1, 0.15) is 5.65 Å². The molecule has 2 aromatic heterocycles. The Kier molecular flexibility index (Phi) is 4.68. The van der Waals surface area contributed by atoms with E-state index in [1.165, 1.54) is 19.3 Å². The summed E-state index contributed by atoms with van der Waals surface area (Å²) in [4.78, 5) is 34.8.